The molecule has 0 aliphatic rings. The predicted octanol–water partition coefficient (Wildman–Crippen LogP) is 4.13. The maximum atomic E-state index is 8.88. The quantitative estimate of drug-likeness (QED) is 0.833. The van der Waals surface area contributed by atoms with Gasteiger partial charge in [0.15, 0.2) is 0 Å². The summed E-state index contributed by atoms with van der Waals surface area (Å²) in [6.45, 7) is 11.8. The predicted molar refractivity (Wildman–Crippen MR) is 98.6 cm³/mol. The number of hydrogen-bond donors (Lipinski definition) is 0. The highest BCUT2D eigenvalue weighted by Gasteiger charge is 2.05. The van der Waals surface area contributed by atoms with Gasteiger partial charge in [0.25, 0.3) is 0 Å². The van der Waals surface area contributed by atoms with E-state index in [9.17, 15) is 0 Å². The zero-order valence-electron chi connectivity index (χ0n) is 14.0. The highest BCUT2D eigenvalue weighted by Crippen LogP contribution is 2.13. The van der Waals surface area contributed by atoms with E-state index in [0.29, 0.717) is 10.6 Å². The first-order valence-corrected chi connectivity index (χ1v) is 7.95. The summed E-state index contributed by atoms with van der Waals surface area (Å²) in [5.41, 5.74) is 3.42. The lowest BCUT2D eigenvalue weighted by Crippen LogP contribution is -2.32. The number of allylic oxidation sites excluding steroid dienone is 1. The van der Waals surface area contributed by atoms with Crippen molar-refractivity contribution >= 4 is 23.3 Å². The number of aryl methyl sites for hydroxylation is 1. The van der Waals surface area contributed by atoms with E-state index in [2.05, 4.69) is 17.6 Å². The first kappa shape index (κ1) is 18.7. The topological polar surface area (TPSA) is 36.7 Å². The lowest BCUT2D eigenvalue weighted by Gasteiger charge is -2.05. The average Bonchev–Trinajstić information content (AvgIpc) is 2.61. The Morgan fingerprint density at radius 3 is 2.35 bits per heavy atom. The van der Waals surface area contributed by atoms with Gasteiger partial charge in [-0.3, -0.25) is 4.98 Å². The van der Waals surface area contributed by atoms with Gasteiger partial charge in [0.2, 0.25) is 0 Å². The van der Waals surface area contributed by atoms with Gasteiger partial charge >= 0.3 is 0 Å². The molecular formula is C20H21ClN2. The van der Waals surface area contributed by atoms with E-state index >= 15 is 0 Å². The smallest absolute Gasteiger partial charge is 0.0991 e. The van der Waals surface area contributed by atoms with Gasteiger partial charge in [-0.25, -0.2) is 0 Å². The van der Waals surface area contributed by atoms with Crippen LogP contribution in [-0.2, 0) is 0 Å². The molecule has 1 heterocycles. The molecular weight excluding hydrogens is 304 g/mol. The molecule has 3 heteroatoms. The van der Waals surface area contributed by atoms with Crippen LogP contribution < -0.4 is 10.6 Å². The zero-order chi connectivity index (χ0) is 17.4. The van der Waals surface area contributed by atoms with Crippen molar-refractivity contribution in [3.8, 4) is 6.07 Å². The van der Waals surface area contributed by atoms with Crippen LogP contribution in [0.2, 0.25) is 5.02 Å². The van der Waals surface area contributed by atoms with E-state index in [1.54, 1.807) is 24.4 Å². The van der Waals surface area contributed by atoms with E-state index in [1.807, 2.05) is 45.9 Å². The third-order valence-electron chi connectivity index (χ3n) is 3.30. The highest BCUT2D eigenvalue weighted by molar-refractivity contribution is 6.31. The molecule has 0 aliphatic carbocycles. The van der Waals surface area contributed by atoms with E-state index < -0.39 is 0 Å². The summed E-state index contributed by atoms with van der Waals surface area (Å²) < 4.78 is 0. The van der Waals surface area contributed by atoms with Gasteiger partial charge in [-0.05, 0) is 37.1 Å². The van der Waals surface area contributed by atoms with Crippen molar-refractivity contribution in [1.29, 1.82) is 5.26 Å². The summed E-state index contributed by atoms with van der Waals surface area (Å²) >= 11 is 6.37. The van der Waals surface area contributed by atoms with Crippen molar-refractivity contribution in [3.05, 3.63) is 75.4 Å². The summed E-state index contributed by atoms with van der Waals surface area (Å²) in [7, 11) is 0. The van der Waals surface area contributed by atoms with Gasteiger partial charge in [0.05, 0.1) is 22.0 Å². The molecule has 0 bridgehead atoms. The number of halogens is 1. The zero-order valence-corrected chi connectivity index (χ0v) is 14.8. The monoisotopic (exact) mass is 324 g/mol. The Morgan fingerprint density at radius 2 is 1.87 bits per heavy atom. The van der Waals surface area contributed by atoms with Crippen LogP contribution in [0.3, 0.4) is 0 Å². The second-order valence-corrected chi connectivity index (χ2v) is 4.99. The van der Waals surface area contributed by atoms with Gasteiger partial charge in [0, 0.05) is 17.0 Å². The van der Waals surface area contributed by atoms with Crippen LogP contribution in [0.4, 0.5) is 0 Å². The number of nitrogens with zero attached hydrogens (tertiary/aromatic N) is 2. The van der Waals surface area contributed by atoms with Crippen LogP contribution in [0.15, 0.2) is 43.1 Å². The summed E-state index contributed by atoms with van der Waals surface area (Å²) in [6, 6.07) is 9.46. The first-order valence-electron chi connectivity index (χ1n) is 7.57. The molecule has 1 aromatic carbocycles. The molecule has 0 unspecified atom stereocenters. The third-order valence-corrected chi connectivity index (χ3v) is 3.80. The van der Waals surface area contributed by atoms with Gasteiger partial charge in [0.1, 0.15) is 0 Å². The number of pyridine rings is 1. The largest absolute Gasteiger partial charge is 0.255 e. The molecule has 1 aromatic heterocycles. The standard InChI is InChI=1S/C18H15ClN2.C2H6/c1-4-15(14-8-6-13(10-20)7-9-14)18-16(5-2)17(19)12(3)11-21-18;1-2/h4-9,11H,1H2,2-3H3;1-2H3/b16-5-,18-15-;. The van der Waals surface area contributed by atoms with Crippen LogP contribution in [0.1, 0.15) is 37.5 Å². The summed E-state index contributed by atoms with van der Waals surface area (Å²) in [5, 5.41) is 11.3. The Kier molecular flexibility index (Phi) is 7.25. The van der Waals surface area contributed by atoms with E-state index in [-0.39, 0.29) is 0 Å². The van der Waals surface area contributed by atoms with Crippen molar-refractivity contribution in [1.82, 2.24) is 4.98 Å². The molecule has 2 nitrogen and oxygen atoms in total. The van der Waals surface area contributed by atoms with Crippen molar-refractivity contribution in [2.45, 2.75) is 27.7 Å². The molecule has 0 fully saturated rings. The minimum atomic E-state index is 0.624. The van der Waals surface area contributed by atoms with Crippen molar-refractivity contribution in [2.75, 3.05) is 0 Å². The number of nitriles is 1. The lowest BCUT2D eigenvalue weighted by molar-refractivity contribution is 1.17. The van der Waals surface area contributed by atoms with E-state index in [1.165, 1.54) is 0 Å². The Labute approximate surface area is 143 Å². The fraction of sp³-hybridized carbons (Fsp3) is 0.200. The molecule has 0 saturated carbocycles. The van der Waals surface area contributed by atoms with Crippen LogP contribution >= 0.6 is 11.6 Å². The molecule has 23 heavy (non-hydrogen) atoms. The minimum absolute atomic E-state index is 0.624. The van der Waals surface area contributed by atoms with E-state index in [0.717, 1.165) is 27.3 Å². The summed E-state index contributed by atoms with van der Waals surface area (Å²) in [5.74, 6) is 0. The van der Waals surface area contributed by atoms with Crippen LogP contribution in [0.5, 0.6) is 0 Å². The SMILES string of the molecule is C=C/C(c1ccc(C#N)cc1)=c1/ncc(C)c(Cl)/c1=C/C.CC. The first-order chi connectivity index (χ1) is 11.1. The van der Waals surface area contributed by atoms with Crippen LogP contribution in [-0.4, -0.2) is 4.98 Å². The second kappa shape index (κ2) is 8.92. The fourth-order valence-corrected chi connectivity index (χ4v) is 2.41. The second-order valence-electron chi connectivity index (χ2n) is 4.61. The van der Waals surface area contributed by atoms with Gasteiger partial charge in [-0.15, -0.1) is 0 Å². The number of benzene rings is 1. The molecule has 0 amide bonds. The minimum Gasteiger partial charge on any atom is -0.255 e. The van der Waals surface area contributed by atoms with Crippen LogP contribution in [0, 0.1) is 18.3 Å². The number of aromatic nitrogens is 1. The van der Waals surface area contributed by atoms with Crippen molar-refractivity contribution in [3.63, 3.8) is 0 Å². The van der Waals surface area contributed by atoms with Gasteiger partial charge in [-0.1, -0.05) is 56.3 Å². The van der Waals surface area contributed by atoms with Crippen molar-refractivity contribution in [2.24, 2.45) is 0 Å². The van der Waals surface area contributed by atoms with Gasteiger partial charge < -0.3 is 0 Å². The lowest BCUT2D eigenvalue weighted by atomic mass is 10.0. The van der Waals surface area contributed by atoms with E-state index in [4.69, 9.17) is 16.9 Å². The molecule has 0 atom stereocenters. The molecule has 0 saturated heterocycles. The molecule has 0 radical (unpaired) electrons. The number of hydrogen-bond acceptors (Lipinski definition) is 2. The summed E-state index contributed by atoms with van der Waals surface area (Å²) in [6.07, 6.45) is 5.48. The summed E-state index contributed by atoms with van der Waals surface area (Å²) in [4.78, 5) is 4.51. The Hall–Kier alpha value is -2.37. The molecule has 0 N–H and O–H groups in total. The van der Waals surface area contributed by atoms with Crippen molar-refractivity contribution < 1.29 is 0 Å². The maximum absolute atomic E-state index is 8.88. The number of rotatable bonds is 2. The molecule has 118 valence electrons. The molecule has 0 spiro atoms. The molecule has 2 rings (SSSR count). The normalized spacial score (nSPS) is 11.9. The molecule has 0 aliphatic heterocycles. The third kappa shape index (κ3) is 4.09. The Balaban J connectivity index is 0.00000127. The van der Waals surface area contributed by atoms with Gasteiger partial charge in [-0.2, -0.15) is 5.26 Å². The fourth-order valence-electron chi connectivity index (χ4n) is 2.16. The molecule has 2 aromatic rings. The average molecular weight is 325 g/mol. The maximum Gasteiger partial charge on any atom is 0.0991 e. The Morgan fingerprint density at radius 1 is 1.26 bits per heavy atom. The highest BCUT2D eigenvalue weighted by atomic mass is 35.5. The van der Waals surface area contributed by atoms with Crippen LogP contribution in [0.25, 0.3) is 11.6 Å². The Bertz CT molecular complexity index is 841.